The number of furan rings is 3. The van der Waals surface area contributed by atoms with Gasteiger partial charge in [0.05, 0.1) is 5.56 Å². The smallest absolute Gasteiger partial charge is 0.167 e. The Kier molecular flexibility index (Phi) is 6.83. The monoisotopic (exact) mass is 731 g/mol. The Morgan fingerprint density at radius 1 is 0.281 bits per heavy atom. The number of hydrogen-bond donors (Lipinski definition) is 0. The van der Waals surface area contributed by atoms with Gasteiger partial charge in [-0.1, -0.05) is 127 Å². The summed E-state index contributed by atoms with van der Waals surface area (Å²) in [6, 6.07) is 59.8. The van der Waals surface area contributed by atoms with Gasteiger partial charge in [-0.25, -0.2) is 15.0 Å². The molecule has 0 spiro atoms. The average Bonchev–Trinajstić information content (AvgIpc) is 3.97. The summed E-state index contributed by atoms with van der Waals surface area (Å²) in [5.41, 5.74) is 11.7. The van der Waals surface area contributed by atoms with Crippen LogP contribution in [0, 0.1) is 0 Å². The van der Waals surface area contributed by atoms with Gasteiger partial charge < -0.3 is 13.3 Å². The molecule has 6 nitrogen and oxygen atoms in total. The van der Waals surface area contributed by atoms with Gasteiger partial charge in [-0.2, -0.15) is 0 Å². The van der Waals surface area contributed by atoms with E-state index in [0.29, 0.717) is 17.5 Å². The van der Waals surface area contributed by atoms with Crippen molar-refractivity contribution in [3.8, 4) is 56.4 Å². The largest absolute Gasteiger partial charge is 0.456 e. The molecule has 12 aromatic rings. The second-order valence-electron chi connectivity index (χ2n) is 14.3. The Hall–Kier alpha value is -7.83. The number of rotatable bonds is 5. The average molecular weight is 732 g/mol. The van der Waals surface area contributed by atoms with Gasteiger partial charge in [0, 0.05) is 43.4 Å². The van der Waals surface area contributed by atoms with Gasteiger partial charge in [-0.05, 0) is 70.8 Å². The standard InChI is InChI=1S/C51H29N3O3/c1-3-12-30(13-4-1)32-24-26-37-45(29-32)56-43-22-10-17-34(46(37)43)33-25-27-42-40(28-33)47-38(19-11-23-44(47)55-42)50-52-49(31-14-5-2-6-15-31)53-51(54-50)39-20-9-18-36-35-16-7-8-21-41(35)57-48(36)39/h1-29H. The molecular weight excluding hydrogens is 703 g/mol. The number of benzene rings is 8. The van der Waals surface area contributed by atoms with Crippen LogP contribution in [0.3, 0.4) is 0 Å². The molecule has 0 atom stereocenters. The summed E-state index contributed by atoms with van der Waals surface area (Å²) in [6.07, 6.45) is 0. The van der Waals surface area contributed by atoms with Crippen molar-refractivity contribution in [3.63, 3.8) is 0 Å². The van der Waals surface area contributed by atoms with Crippen LogP contribution in [0.1, 0.15) is 0 Å². The van der Waals surface area contributed by atoms with Gasteiger partial charge in [0.25, 0.3) is 0 Å². The molecule has 6 heteroatoms. The van der Waals surface area contributed by atoms with Crippen LogP contribution in [0.25, 0.3) is 122 Å². The molecule has 0 unspecified atom stereocenters. The van der Waals surface area contributed by atoms with Crippen molar-refractivity contribution in [2.45, 2.75) is 0 Å². The Morgan fingerprint density at radius 3 is 1.68 bits per heavy atom. The number of aromatic nitrogens is 3. The number of fused-ring (bicyclic) bond motifs is 9. The normalized spacial score (nSPS) is 11.9. The molecule has 266 valence electrons. The van der Waals surface area contributed by atoms with Crippen molar-refractivity contribution < 1.29 is 13.3 Å². The first-order valence-electron chi connectivity index (χ1n) is 18.9. The zero-order chi connectivity index (χ0) is 37.5. The first-order valence-corrected chi connectivity index (χ1v) is 18.9. The van der Waals surface area contributed by atoms with Gasteiger partial charge >= 0.3 is 0 Å². The Morgan fingerprint density at radius 2 is 0.860 bits per heavy atom. The molecule has 0 amide bonds. The van der Waals surface area contributed by atoms with E-state index in [0.717, 1.165) is 105 Å². The summed E-state index contributed by atoms with van der Waals surface area (Å²) in [5, 5.41) is 6.12. The molecule has 0 N–H and O–H groups in total. The van der Waals surface area contributed by atoms with E-state index in [2.05, 4.69) is 91.0 Å². The predicted molar refractivity (Wildman–Crippen MR) is 229 cm³/mol. The quantitative estimate of drug-likeness (QED) is 0.175. The molecule has 0 aliphatic rings. The van der Waals surface area contributed by atoms with E-state index in [1.807, 2.05) is 84.9 Å². The zero-order valence-electron chi connectivity index (χ0n) is 30.3. The lowest BCUT2D eigenvalue weighted by molar-refractivity contribution is 0.668. The predicted octanol–water partition coefficient (Wildman–Crippen LogP) is 13.9. The lowest BCUT2D eigenvalue weighted by atomic mass is 9.96. The van der Waals surface area contributed by atoms with Crippen molar-refractivity contribution in [2.75, 3.05) is 0 Å². The summed E-state index contributed by atoms with van der Waals surface area (Å²) in [4.78, 5) is 15.4. The fourth-order valence-corrected chi connectivity index (χ4v) is 8.31. The van der Waals surface area contributed by atoms with E-state index < -0.39 is 0 Å². The van der Waals surface area contributed by atoms with Crippen molar-refractivity contribution in [3.05, 3.63) is 176 Å². The van der Waals surface area contributed by atoms with E-state index in [1.165, 1.54) is 0 Å². The van der Waals surface area contributed by atoms with E-state index in [1.54, 1.807) is 0 Å². The summed E-state index contributed by atoms with van der Waals surface area (Å²) >= 11 is 0. The number of para-hydroxylation sites is 2. The highest BCUT2D eigenvalue weighted by Crippen LogP contribution is 2.43. The van der Waals surface area contributed by atoms with Gasteiger partial charge in [0.1, 0.15) is 33.5 Å². The molecule has 0 bridgehead atoms. The third-order valence-electron chi connectivity index (χ3n) is 11.0. The molecule has 0 aliphatic carbocycles. The SMILES string of the molecule is c1ccc(-c2ccc3c(c2)oc2cccc(-c4ccc5oc6cccc(-c7nc(-c8ccccc8)nc(-c8cccc9c8oc8ccccc89)n7)c6c5c4)c23)cc1. The first kappa shape index (κ1) is 31.5. The maximum atomic E-state index is 6.52. The number of nitrogens with zero attached hydrogens (tertiary/aromatic N) is 3. The van der Waals surface area contributed by atoms with Gasteiger partial charge in [0.2, 0.25) is 0 Å². The Labute approximate surface area is 325 Å². The molecular formula is C51H29N3O3. The Bertz CT molecular complexity index is 3530. The van der Waals surface area contributed by atoms with Gasteiger partial charge in [-0.3, -0.25) is 0 Å². The van der Waals surface area contributed by atoms with E-state index >= 15 is 0 Å². The molecule has 0 fully saturated rings. The topological polar surface area (TPSA) is 78.1 Å². The summed E-state index contributed by atoms with van der Waals surface area (Å²) in [7, 11) is 0. The van der Waals surface area contributed by atoms with E-state index in [-0.39, 0.29) is 0 Å². The highest BCUT2D eigenvalue weighted by atomic mass is 16.3. The number of hydrogen-bond acceptors (Lipinski definition) is 6. The lowest BCUT2D eigenvalue weighted by Crippen LogP contribution is -2.00. The third-order valence-corrected chi connectivity index (χ3v) is 11.0. The second kappa shape index (κ2) is 12.3. The van der Waals surface area contributed by atoms with Crippen LogP contribution in [0.4, 0.5) is 0 Å². The van der Waals surface area contributed by atoms with Crippen LogP contribution in [0.5, 0.6) is 0 Å². The van der Waals surface area contributed by atoms with Crippen molar-refractivity contribution in [1.82, 2.24) is 15.0 Å². The highest BCUT2D eigenvalue weighted by molar-refractivity contribution is 6.16. The van der Waals surface area contributed by atoms with Crippen LogP contribution in [-0.2, 0) is 0 Å². The third kappa shape index (κ3) is 5.01. The summed E-state index contributed by atoms with van der Waals surface area (Å²) in [5.74, 6) is 1.65. The summed E-state index contributed by atoms with van der Waals surface area (Å²) < 4.78 is 19.5. The molecule has 0 saturated heterocycles. The molecule has 57 heavy (non-hydrogen) atoms. The van der Waals surface area contributed by atoms with Gasteiger partial charge in [-0.15, -0.1) is 0 Å². The Balaban J connectivity index is 1.06. The summed E-state index contributed by atoms with van der Waals surface area (Å²) in [6.45, 7) is 0. The highest BCUT2D eigenvalue weighted by Gasteiger charge is 2.21. The molecule has 0 aliphatic heterocycles. The first-order chi connectivity index (χ1) is 28.2. The molecule has 8 aromatic carbocycles. The zero-order valence-corrected chi connectivity index (χ0v) is 30.3. The van der Waals surface area contributed by atoms with Crippen molar-refractivity contribution in [1.29, 1.82) is 0 Å². The van der Waals surface area contributed by atoms with Crippen LogP contribution in [0.2, 0.25) is 0 Å². The van der Waals surface area contributed by atoms with Crippen molar-refractivity contribution >= 4 is 65.8 Å². The molecule has 12 rings (SSSR count). The van der Waals surface area contributed by atoms with Crippen molar-refractivity contribution in [2.24, 2.45) is 0 Å². The second-order valence-corrected chi connectivity index (χ2v) is 14.3. The molecule has 4 heterocycles. The maximum absolute atomic E-state index is 6.52. The fraction of sp³-hybridized carbons (Fsp3) is 0. The maximum Gasteiger partial charge on any atom is 0.167 e. The molecule has 0 radical (unpaired) electrons. The fourth-order valence-electron chi connectivity index (χ4n) is 8.31. The molecule has 4 aromatic heterocycles. The van der Waals surface area contributed by atoms with Crippen LogP contribution >= 0.6 is 0 Å². The van der Waals surface area contributed by atoms with Crippen LogP contribution < -0.4 is 0 Å². The van der Waals surface area contributed by atoms with E-state index in [9.17, 15) is 0 Å². The minimum atomic E-state index is 0.530. The van der Waals surface area contributed by atoms with Crippen LogP contribution in [-0.4, -0.2) is 15.0 Å². The van der Waals surface area contributed by atoms with Crippen LogP contribution in [0.15, 0.2) is 189 Å². The minimum Gasteiger partial charge on any atom is -0.456 e. The molecule has 0 saturated carbocycles. The minimum absolute atomic E-state index is 0.530. The van der Waals surface area contributed by atoms with Gasteiger partial charge in [0.15, 0.2) is 17.5 Å². The lowest BCUT2D eigenvalue weighted by Gasteiger charge is -2.10. The van der Waals surface area contributed by atoms with E-state index in [4.69, 9.17) is 28.2 Å².